The minimum Gasteiger partial charge on any atom is -0.398 e. The number of para-hydroxylation sites is 1. The average molecular weight is 174 g/mol. The Kier molecular flexibility index (Phi) is 2.65. The fourth-order valence-corrected chi connectivity index (χ4v) is 1.14. The van der Waals surface area contributed by atoms with Crippen LogP contribution in [0.15, 0.2) is 24.3 Å². The van der Waals surface area contributed by atoms with Gasteiger partial charge in [-0.15, -0.1) is 0 Å². The maximum atomic E-state index is 11.0. The molecule has 1 aromatic carbocycles. The third-order valence-electron chi connectivity index (χ3n) is 1.97. The molecule has 0 saturated heterocycles. The molecular weight excluding hydrogens is 164 g/mol. The van der Waals surface area contributed by atoms with Gasteiger partial charge in [0.1, 0.15) is 6.07 Å². The average Bonchev–Trinajstić information content (AvgIpc) is 2.16. The van der Waals surface area contributed by atoms with Crippen LogP contribution in [0.4, 0.5) is 5.69 Å². The summed E-state index contributed by atoms with van der Waals surface area (Å²) in [6, 6.07) is 8.67. The van der Waals surface area contributed by atoms with Crippen LogP contribution in [0.25, 0.3) is 0 Å². The minimum absolute atomic E-state index is 0.439. The Bertz CT molecular complexity index is 365. The number of ketones is 1. The highest BCUT2D eigenvalue weighted by atomic mass is 16.1. The number of anilines is 1. The van der Waals surface area contributed by atoms with Gasteiger partial charge < -0.3 is 5.73 Å². The number of hydrogen-bond donors (Lipinski definition) is 1. The van der Waals surface area contributed by atoms with Crippen LogP contribution in [0.2, 0.25) is 0 Å². The molecule has 1 aromatic rings. The third kappa shape index (κ3) is 1.85. The molecule has 0 amide bonds. The first-order valence-electron chi connectivity index (χ1n) is 3.95. The maximum absolute atomic E-state index is 11.0. The topological polar surface area (TPSA) is 66.9 Å². The molecule has 0 aliphatic carbocycles. The number of hydrogen-bond acceptors (Lipinski definition) is 3. The number of nitrogens with zero attached hydrogens (tertiary/aromatic N) is 1. The van der Waals surface area contributed by atoms with Gasteiger partial charge >= 0.3 is 0 Å². The molecule has 0 saturated carbocycles. The van der Waals surface area contributed by atoms with Gasteiger partial charge in [-0.3, -0.25) is 4.79 Å². The number of carbonyl (C=O) groups is 1. The molecule has 0 aliphatic rings. The summed E-state index contributed by atoms with van der Waals surface area (Å²) >= 11 is 0. The Morgan fingerprint density at radius 3 is 2.69 bits per heavy atom. The van der Waals surface area contributed by atoms with Crippen molar-refractivity contribution >= 4 is 11.5 Å². The van der Waals surface area contributed by atoms with E-state index in [1.54, 1.807) is 37.3 Å². The lowest BCUT2D eigenvalue weighted by molar-refractivity contribution is -0.115. The molecule has 3 heteroatoms. The van der Waals surface area contributed by atoms with Gasteiger partial charge in [0.25, 0.3) is 0 Å². The molecule has 66 valence electrons. The van der Waals surface area contributed by atoms with Gasteiger partial charge in [-0.2, -0.15) is 5.26 Å². The first-order valence-corrected chi connectivity index (χ1v) is 3.95. The predicted molar refractivity (Wildman–Crippen MR) is 49.9 cm³/mol. The first-order chi connectivity index (χ1) is 6.16. The Labute approximate surface area is 76.8 Å². The molecule has 0 aliphatic heterocycles. The SMILES string of the molecule is CC(C(=O)C#N)c1ccccc1N. The van der Waals surface area contributed by atoms with Gasteiger partial charge in [-0.1, -0.05) is 25.1 Å². The van der Waals surface area contributed by atoms with Crippen LogP contribution in [0.5, 0.6) is 0 Å². The van der Waals surface area contributed by atoms with E-state index < -0.39 is 11.7 Å². The van der Waals surface area contributed by atoms with Gasteiger partial charge in [-0.25, -0.2) is 0 Å². The number of nitrogens with two attached hydrogens (primary N) is 1. The smallest absolute Gasteiger partial charge is 0.239 e. The van der Waals surface area contributed by atoms with Crippen molar-refractivity contribution < 1.29 is 4.79 Å². The van der Waals surface area contributed by atoms with Crippen molar-refractivity contribution in [1.29, 1.82) is 5.26 Å². The number of benzene rings is 1. The number of rotatable bonds is 2. The summed E-state index contributed by atoms with van der Waals surface area (Å²) in [7, 11) is 0. The van der Waals surface area contributed by atoms with E-state index >= 15 is 0 Å². The number of Topliss-reactive ketones (excluding diaryl/α,β-unsaturated/α-hetero) is 1. The van der Waals surface area contributed by atoms with E-state index in [9.17, 15) is 4.79 Å². The Hall–Kier alpha value is -1.82. The Morgan fingerprint density at radius 1 is 1.54 bits per heavy atom. The van der Waals surface area contributed by atoms with E-state index in [1.165, 1.54) is 0 Å². The highest BCUT2D eigenvalue weighted by molar-refractivity contribution is 5.99. The summed E-state index contributed by atoms with van der Waals surface area (Å²) in [5.74, 6) is -0.899. The van der Waals surface area contributed by atoms with E-state index in [-0.39, 0.29) is 0 Å². The van der Waals surface area contributed by atoms with E-state index in [1.807, 2.05) is 0 Å². The standard InChI is InChI=1S/C10H10N2O/c1-7(10(13)6-11)8-4-2-3-5-9(8)12/h2-5,7H,12H2,1H3. The molecule has 0 heterocycles. The zero-order chi connectivity index (χ0) is 9.84. The summed E-state index contributed by atoms with van der Waals surface area (Å²) in [6.07, 6.45) is 0. The predicted octanol–water partition coefficient (Wildman–Crippen LogP) is 1.46. The van der Waals surface area contributed by atoms with E-state index in [4.69, 9.17) is 11.0 Å². The monoisotopic (exact) mass is 174 g/mol. The van der Waals surface area contributed by atoms with Crippen molar-refractivity contribution in [2.24, 2.45) is 0 Å². The van der Waals surface area contributed by atoms with Gasteiger partial charge in [-0.05, 0) is 11.6 Å². The fraction of sp³-hybridized carbons (Fsp3) is 0.200. The lowest BCUT2D eigenvalue weighted by Gasteiger charge is -2.08. The molecule has 0 fully saturated rings. The second-order valence-electron chi connectivity index (χ2n) is 2.83. The first kappa shape index (κ1) is 9.27. The zero-order valence-corrected chi connectivity index (χ0v) is 7.32. The van der Waals surface area contributed by atoms with Gasteiger partial charge in [0.15, 0.2) is 0 Å². The van der Waals surface area contributed by atoms with Crippen LogP contribution >= 0.6 is 0 Å². The molecule has 1 atom stereocenters. The number of nitrogen functional groups attached to an aromatic ring is 1. The minimum atomic E-state index is -0.460. The molecule has 13 heavy (non-hydrogen) atoms. The van der Waals surface area contributed by atoms with Gasteiger partial charge in [0.2, 0.25) is 5.78 Å². The molecule has 1 unspecified atom stereocenters. The highest BCUT2D eigenvalue weighted by Gasteiger charge is 2.15. The van der Waals surface area contributed by atoms with Crippen molar-refractivity contribution in [3.05, 3.63) is 29.8 Å². The van der Waals surface area contributed by atoms with Crippen molar-refractivity contribution in [2.75, 3.05) is 5.73 Å². The van der Waals surface area contributed by atoms with Gasteiger partial charge in [0.05, 0.1) is 5.92 Å². The molecule has 0 spiro atoms. The highest BCUT2D eigenvalue weighted by Crippen LogP contribution is 2.21. The van der Waals surface area contributed by atoms with E-state index in [0.29, 0.717) is 11.3 Å². The second kappa shape index (κ2) is 3.72. The van der Waals surface area contributed by atoms with Crippen molar-refractivity contribution in [3.63, 3.8) is 0 Å². The molecular formula is C10H10N2O. The quantitative estimate of drug-likeness (QED) is 0.545. The van der Waals surface area contributed by atoms with Gasteiger partial charge in [0, 0.05) is 5.69 Å². The molecule has 3 nitrogen and oxygen atoms in total. The Balaban J connectivity index is 3.03. The molecule has 2 N–H and O–H groups in total. The summed E-state index contributed by atoms with van der Waals surface area (Å²) in [5.41, 5.74) is 6.92. The normalized spacial score (nSPS) is 11.7. The summed E-state index contributed by atoms with van der Waals surface area (Å²) < 4.78 is 0. The maximum Gasteiger partial charge on any atom is 0.239 e. The van der Waals surface area contributed by atoms with Crippen molar-refractivity contribution in [3.8, 4) is 6.07 Å². The lowest BCUT2D eigenvalue weighted by Crippen LogP contribution is -2.08. The number of nitriles is 1. The fourth-order valence-electron chi connectivity index (χ4n) is 1.14. The van der Waals surface area contributed by atoms with E-state index in [2.05, 4.69) is 0 Å². The largest absolute Gasteiger partial charge is 0.398 e. The number of carbonyl (C=O) groups excluding carboxylic acids is 1. The lowest BCUT2D eigenvalue weighted by atomic mass is 9.96. The van der Waals surface area contributed by atoms with Crippen molar-refractivity contribution in [2.45, 2.75) is 12.8 Å². The van der Waals surface area contributed by atoms with Crippen LogP contribution in [0, 0.1) is 11.3 Å². The zero-order valence-electron chi connectivity index (χ0n) is 7.32. The van der Waals surface area contributed by atoms with Crippen molar-refractivity contribution in [1.82, 2.24) is 0 Å². The summed E-state index contributed by atoms with van der Waals surface area (Å²) in [4.78, 5) is 11.0. The molecule has 0 radical (unpaired) electrons. The van der Waals surface area contributed by atoms with Crippen LogP contribution in [0.3, 0.4) is 0 Å². The van der Waals surface area contributed by atoms with Crippen LogP contribution in [-0.4, -0.2) is 5.78 Å². The molecule has 0 bridgehead atoms. The molecule has 1 rings (SSSR count). The van der Waals surface area contributed by atoms with Crippen LogP contribution in [0.1, 0.15) is 18.4 Å². The Morgan fingerprint density at radius 2 is 2.15 bits per heavy atom. The second-order valence-corrected chi connectivity index (χ2v) is 2.83. The summed E-state index contributed by atoms with van der Waals surface area (Å²) in [5, 5.41) is 8.42. The summed E-state index contributed by atoms with van der Waals surface area (Å²) in [6.45, 7) is 1.68. The van der Waals surface area contributed by atoms with Crippen LogP contribution < -0.4 is 5.73 Å². The van der Waals surface area contributed by atoms with Crippen LogP contribution in [-0.2, 0) is 4.79 Å². The molecule has 0 aromatic heterocycles. The third-order valence-corrected chi connectivity index (χ3v) is 1.97. The van der Waals surface area contributed by atoms with E-state index in [0.717, 1.165) is 0 Å².